The third-order valence-corrected chi connectivity index (χ3v) is 19.0. The first-order valence-corrected chi connectivity index (χ1v) is 24.4. The van der Waals surface area contributed by atoms with Gasteiger partial charge in [-0.3, -0.25) is 38.4 Å². The van der Waals surface area contributed by atoms with Crippen LogP contribution < -0.4 is 0 Å². The molecule has 0 unspecified atom stereocenters. The average Bonchev–Trinajstić information content (AvgIpc) is 3.68. The molecule has 0 spiro atoms. The third kappa shape index (κ3) is 7.83. The molecule has 0 radical (unpaired) electrons. The van der Waals surface area contributed by atoms with Gasteiger partial charge >= 0.3 is 23.9 Å². The highest BCUT2D eigenvalue weighted by molar-refractivity contribution is 6.02. The lowest BCUT2D eigenvalue weighted by atomic mass is 9.44. The molecule has 69 heavy (non-hydrogen) atoms. The van der Waals surface area contributed by atoms with E-state index in [1.807, 2.05) is 13.0 Å². The minimum atomic E-state index is -2.16. The summed E-state index contributed by atoms with van der Waals surface area (Å²) in [6.45, 7) is 6.42. The molecule has 8 aliphatic carbocycles. The molecular weight excluding hydrogens is 900 g/mol. The van der Waals surface area contributed by atoms with E-state index >= 15 is 4.39 Å². The molecule has 17 heteroatoms. The Morgan fingerprint density at radius 3 is 1.86 bits per heavy atom. The lowest BCUT2D eigenvalue weighted by Gasteiger charge is -2.62. The highest BCUT2D eigenvalue weighted by Gasteiger charge is 2.76. The molecule has 0 aromatic carbocycles. The monoisotopic (exact) mass is 964 g/mol. The van der Waals surface area contributed by atoms with Crippen LogP contribution in [0.3, 0.4) is 0 Å². The fourth-order valence-corrected chi connectivity index (χ4v) is 15.3. The van der Waals surface area contributed by atoms with Gasteiger partial charge in [-0.2, -0.15) is 0 Å². The number of alkyl halides is 1. The normalized spacial score (nSPS) is 42.5. The number of fused-ring (bicyclic) bond motifs is 10. The Balaban J connectivity index is 0.738. The maximum atomic E-state index is 17.5. The van der Waals surface area contributed by atoms with Crippen LogP contribution in [0.2, 0.25) is 0 Å². The Kier molecular flexibility index (Phi) is 13.1. The quantitative estimate of drug-likeness (QED) is 0.108. The maximum absolute atomic E-state index is 17.5. The number of ketones is 4. The Morgan fingerprint density at radius 2 is 1.23 bits per heavy atom. The van der Waals surface area contributed by atoms with Crippen LogP contribution in [-0.4, -0.2) is 117 Å². The minimum absolute atomic E-state index is 0.0107. The molecule has 0 amide bonds. The van der Waals surface area contributed by atoms with Gasteiger partial charge in [0.1, 0.15) is 11.2 Å². The number of hydrogen-bond acceptors (Lipinski definition) is 16. The molecule has 16 nitrogen and oxygen atoms in total. The van der Waals surface area contributed by atoms with Gasteiger partial charge in [-0.15, -0.1) is 0 Å². The van der Waals surface area contributed by atoms with E-state index in [0.717, 1.165) is 5.57 Å². The molecule has 8 rings (SSSR count). The topological polar surface area (TPSA) is 254 Å². The van der Waals surface area contributed by atoms with Crippen LogP contribution in [0.25, 0.3) is 0 Å². The summed E-state index contributed by atoms with van der Waals surface area (Å²) in [5.41, 5.74) is -8.52. The van der Waals surface area contributed by atoms with Crippen molar-refractivity contribution in [1.29, 1.82) is 0 Å². The fraction of sp³-hybridized carbons (Fsp3) is 0.692. The number of carbonyl (C=O) groups is 8. The molecule has 6 fully saturated rings. The van der Waals surface area contributed by atoms with Gasteiger partial charge in [0.15, 0.2) is 30.4 Å². The number of ether oxygens (including phenoxy) is 4. The molecule has 8 aliphatic rings. The van der Waals surface area contributed by atoms with Gasteiger partial charge in [0.2, 0.25) is 18.4 Å². The van der Waals surface area contributed by atoms with Crippen LogP contribution in [0.15, 0.2) is 47.6 Å². The van der Waals surface area contributed by atoms with Gasteiger partial charge in [-0.05, 0) is 113 Å². The number of Topliss-reactive ketones (excluding diaryl/α,β-unsaturated/α-hetero) is 2. The molecule has 0 aromatic rings. The zero-order valence-electron chi connectivity index (χ0n) is 40.0. The van der Waals surface area contributed by atoms with E-state index in [-0.39, 0.29) is 55.0 Å². The summed E-state index contributed by atoms with van der Waals surface area (Å²) in [6.07, 6.45) is 7.82. The van der Waals surface area contributed by atoms with Gasteiger partial charge in [0.05, 0.1) is 37.9 Å². The van der Waals surface area contributed by atoms with Crippen molar-refractivity contribution in [3.8, 4) is 0 Å². The number of rotatable bonds is 14. The molecule has 6 saturated carbocycles. The van der Waals surface area contributed by atoms with Crippen molar-refractivity contribution >= 4 is 47.0 Å². The second-order valence-corrected chi connectivity index (χ2v) is 22.1. The lowest BCUT2D eigenvalue weighted by Crippen LogP contribution is -2.69. The first kappa shape index (κ1) is 50.7. The Labute approximate surface area is 400 Å². The third-order valence-electron chi connectivity index (χ3n) is 19.0. The van der Waals surface area contributed by atoms with E-state index in [0.29, 0.717) is 37.7 Å². The van der Waals surface area contributed by atoms with Crippen molar-refractivity contribution in [1.82, 2.24) is 0 Å². The highest BCUT2D eigenvalue weighted by atomic mass is 19.1. The van der Waals surface area contributed by atoms with E-state index < -0.39 is 150 Å². The van der Waals surface area contributed by atoms with Crippen molar-refractivity contribution in [2.24, 2.45) is 57.2 Å². The summed E-state index contributed by atoms with van der Waals surface area (Å²) in [5.74, 6) is -7.82. The van der Waals surface area contributed by atoms with Crippen molar-refractivity contribution in [2.45, 2.75) is 147 Å². The molecule has 0 saturated heterocycles. The van der Waals surface area contributed by atoms with Gasteiger partial charge in [0.25, 0.3) is 0 Å². The first-order valence-electron chi connectivity index (χ1n) is 24.4. The summed E-state index contributed by atoms with van der Waals surface area (Å²) in [4.78, 5) is 101. The first-order chi connectivity index (χ1) is 32.3. The predicted octanol–water partition coefficient (Wildman–Crippen LogP) is 4.17. The van der Waals surface area contributed by atoms with Crippen LogP contribution in [0, 0.1) is 57.2 Å². The molecule has 4 N–H and O–H groups in total. The Morgan fingerprint density at radius 1 is 0.681 bits per heavy atom. The predicted molar refractivity (Wildman–Crippen MR) is 238 cm³/mol. The molecule has 376 valence electrons. The van der Waals surface area contributed by atoms with Crippen molar-refractivity contribution in [3.63, 3.8) is 0 Å². The van der Waals surface area contributed by atoms with E-state index in [1.165, 1.54) is 24.3 Å². The number of carbonyl (C=O) groups excluding carboxylic acids is 8. The van der Waals surface area contributed by atoms with Crippen molar-refractivity contribution in [2.75, 3.05) is 20.0 Å². The SMILES string of the molecule is C[C@@H]1C[C@H]2[C@@H]3CCC4=CC(=O)C=C[C@]4(C)[C@@]3(F)[C@@H](O)C[C@]2(C)[C@@]1(O)C(=O)COC(=O)CCC(=O)OCOC(=O)CCC(=O)OCC(=O)[C@@]1(O)CC[C@H]2[C@@H]3CCC4=CC(=O)C=C[C@]4(C)[C@H]3[C@@H](O)C[C@@]21C. The Hall–Kier alpha value is -4.71. The van der Waals surface area contributed by atoms with Crippen molar-refractivity contribution < 1.29 is 82.1 Å². The van der Waals surface area contributed by atoms with E-state index in [9.17, 15) is 58.8 Å². The smallest absolute Gasteiger partial charge is 0.309 e. The number of halogens is 1. The highest BCUT2D eigenvalue weighted by Crippen LogP contribution is 2.71. The van der Waals surface area contributed by atoms with Gasteiger partial charge in [-0.25, -0.2) is 4.39 Å². The molecule has 0 aromatic heterocycles. The molecule has 0 heterocycles. The number of esters is 4. The van der Waals surface area contributed by atoms with Gasteiger partial charge < -0.3 is 39.4 Å². The van der Waals surface area contributed by atoms with Crippen LogP contribution in [0.4, 0.5) is 4.39 Å². The molecular formula is C52H65FO16. The number of allylic oxidation sites excluding steroid dienone is 8. The molecule has 0 bridgehead atoms. The number of aliphatic hydroxyl groups excluding tert-OH is 2. The average molecular weight is 965 g/mol. The molecule has 0 aliphatic heterocycles. The second kappa shape index (κ2) is 17.9. The van der Waals surface area contributed by atoms with Crippen LogP contribution >= 0.6 is 0 Å². The zero-order chi connectivity index (χ0) is 50.3. The lowest BCUT2D eigenvalue weighted by molar-refractivity contribution is -0.220. The summed E-state index contributed by atoms with van der Waals surface area (Å²) in [6, 6.07) is 0. The standard InChI is InChI=1S/C52H65FO16/c1-28-20-36-35-9-7-30-22-32(55)15-18-47(30,3)51(35,53)38(57)24-49(36,5)52(28,65)40(59)26-67-42(61)11-13-44(63)69-27-68-43(62)12-10-41(60)66-25-39(58)50(64)19-16-34-33-8-6-29-21-31(54)14-17-46(29,2)45(33)37(56)23-48(34,50)4/h14-15,17-18,21-22,28,33-38,45,56-57,64-65H,6-13,16,19-20,23-27H2,1-5H3/t28-,33+,34+,35+,36+,37+,38+,45-,46+,47+,48+,49+,50+,51+,52+/m1/s1. The number of hydrogen-bond donors (Lipinski definition) is 4. The van der Waals surface area contributed by atoms with Crippen LogP contribution in [-0.2, 0) is 57.3 Å². The van der Waals surface area contributed by atoms with E-state index in [2.05, 4.69) is 0 Å². The van der Waals surface area contributed by atoms with Crippen LogP contribution in [0.5, 0.6) is 0 Å². The van der Waals surface area contributed by atoms with E-state index in [4.69, 9.17) is 18.9 Å². The molecule has 15 atom stereocenters. The fourth-order valence-electron chi connectivity index (χ4n) is 15.3. The van der Waals surface area contributed by atoms with Crippen LogP contribution in [0.1, 0.15) is 118 Å². The zero-order valence-corrected chi connectivity index (χ0v) is 40.0. The summed E-state index contributed by atoms with van der Waals surface area (Å²) in [7, 11) is 0. The Bertz CT molecular complexity index is 2350. The number of aliphatic hydroxyl groups is 4. The minimum Gasteiger partial charge on any atom is -0.458 e. The van der Waals surface area contributed by atoms with Crippen molar-refractivity contribution in [3.05, 3.63) is 47.6 Å². The van der Waals surface area contributed by atoms with Gasteiger partial charge in [0, 0.05) is 33.5 Å². The summed E-state index contributed by atoms with van der Waals surface area (Å²) in [5, 5.41) is 47.2. The van der Waals surface area contributed by atoms with E-state index in [1.54, 1.807) is 33.8 Å². The summed E-state index contributed by atoms with van der Waals surface area (Å²) >= 11 is 0. The second-order valence-electron chi connectivity index (χ2n) is 22.1. The maximum Gasteiger partial charge on any atom is 0.309 e. The van der Waals surface area contributed by atoms with Gasteiger partial charge in [-0.1, -0.05) is 51.0 Å². The largest absolute Gasteiger partial charge is 0.458 e. The summed E-state index contributed by atoms with van der Waals surface area (Å²) < 4.78 is 37.5.